The fourth-order valence-corrected chi connectivity index (χ4v) is 2.71. The maximum absolute atomic E-state index is 9.74. The molecule has 26 heavy (non-hydrogen) atoms. The number of phenolic OH excluding ortho intramolecular Hbond substituents is 1. The molecule has 0 fully saturated rings. The fraction of sp³-hybridized carbons (Fsp3) is 0.222. The number of pyridine rings is 1. The first-order chi connectivity index (χ1) is 12.5. The Morgan fingerprint density at radius 2 is 2.00 bits per heavy atom. The smallest absolute Gasteiger partial charge is 0.180 e. The van der Waals surface area contributed by atoms with Gasteiger partial charge >= 0.3 is 0 Å². The second-order valence-corrected chi connectivity index (χ2v) is 6.34. The van der Waals surface area contributed by atoms with Gasteiger partial charge in [0, 0.05) is 11.6 Å². The molecule has 8 heteroatoms. The first-order valence-corrected chi connectivity index (χ1v) is 8.46. The van der Waals surface area contributed by atoms with Gasteiger partial charge in [0.05, 0.1) is 19.0 Å². The van der Waals surface area contributed by atoms with Gasteiger partial charge in [-0.2, -0.15) is 0 Å². The van der Waals surface area contributed by atoms with Gasteiger partial charge in [-0.1, -0.05) is 0 Å². The molecule has 0 bridgehead atoms. The van der Waals surface area contributed by atoms with Crippen molar-refractivity contribution in [3.63, 3.8) is 0 Å². The maximum atomic E-state index is 9.74. The molecule has 0 radical (unpaired) electrons. The third kappa shape index (κ3) is 3.97. The van der Waals surface area contributed by atoms with E-state index in [1.54, 1.807) is 24.4 Å². The van der Waals surface area contributed by atoms with Crippen molar-refractivity contribution >= 4 is 34.3 Å². The number of hydrogen-bond acceptors (Lipinski definition) is 6. The third-order valence-corrected chi connectivity index (χ3v) is 3.76. The quantitative estimate of drug-likeness (QED) is 0.604. The predicted molar refractivity (Wildman–Crippen MR) is 105 cm³/mol. The van der Waals surface area contributed by atoms with E-state index in [0.29, 0.717) is 33.5 Å². The second kappa shape index (κ2) is 7.49. The van der Waals surface area contributed by atoms with Crippen LogP contribution in [0.4, 0.5) is 5.82 Å². The van der Waals surface area contributed by atoms with Gasteiger partial charge < -0.3 is 20.5 Å². The molecule has 7 nitrogen and oxygen atoms in total. The second-order valence-electron chi connectivity index (χ2n) is 5.93. The van der Waals surface area contributed by atoms with Crippen molar-refractivity contribution in [3.8, 4) is 22.8 Å². The monoisotopic (exact) mass is 369 g/mol. The maximum Gasteiger partial charge on any atom is 0.180 e. The van der Waals surface area contributed by atoms with Crippen molar-refractivity contribution in [2.24, 2.45) is 0 Å². The van der Waals surface area contributed by atoms with Crippen molar-refractivity contribution in [1.82, 2.24) is 20.3 Å². The van der Waals surface area contributed by atoms with Crippen LogP contribution < -0.4 is 15.4 Å². The van der Waals surface area contributed by atoms with E-state index in [9.17, 15) is 5.11 Å². The van der Waals surface area contributed by atoms with Gasteiger partial charge in [-0.25, -0.2) is 15.0 Å². The molecule has 1 aromatic carbocycles. The Balaban J connectivity index is 1.93. The molecule has 0 saturated heterocycles. The molecule has 0 spiro atoms. The summed E-state index contributed by atoms with van der Waals surface area (Å²) in [6, 6.07) is 8.97. The zero-order chi connectivity index (χ0) is 18.7. The summed E-state index contributed by atoms with van der Waals surface area (Å²) in [6.45, 7) is 4.00. The van der Waals surface area contributed by atoms with Gasteiger partial charge in [0.2, 0.25) is 0 Å². The number of benzene rings is 1. The summed E-state index contributed by atoms with van der Waals surface area (Å²) in [6.07, 6.45) is 1.61. The van der Waals surface area contributed by atoms with Crippen LogP contribution in [0.3, 0.4) is 0 Å². The lowest BCUT2D eigenvalue weighted by Crippen LogP contribution is -2.34. The minimum Gasteiger partial charge on any atom is -0.504 e. The topological polar surface area (TPSA) is 92.2 Å². The Hall–Kier alpha value is -3.00. The number of hydrogen-bond donors (Lipinski definition) is 3. The summed E-state index contributed by atoms with van der Waals surface area (Å²) in [5, 5.41) is 16.3. The van der Waals surface area contributed by atoms with Crippen molar-refractivity contribution in [2.75, 3.05) is 12.4 Å². The average molecular weight is 369 g/mol. The Morgan fingerprint density at radius 1 is 1.19 bits per heavy atom. The van der Waals surface area contributed by atoms with Crippen LogP contribution in [0.1, 0.15) is 13.8 Å². The molecule has 2 heterocycles. The molecule has 0 atom stereocenters. The molecule has 0 aliphatic carbocycles. The summed E-state index contributed by atoms with van der Waals surface area (Å²) < 4.78 is 5.15. The van der Waals surface area contributed by atoms with Crippen molar-refractivity contribution in [2.45, 2.75) is 19.9 Å². The number of aromatic nitrogens is 3. The van der Waals surface area contributed by atoms with Gasteiger partial charge in [-0.15, -0.1) is 0 Å². The fourth-order valence-electron chi connectivity index (χ4n) is 2.37. The lowest BCUT2D eigenvalue weighted by Gasteiger charge is -2.12. The molecule has 134 valence electrons. The molecule has 0 unspecified atom stereocenters. The van der Waals surface area contributed by atoms with Crippen LogP contribution in [0, 0.1) is 0 Å². The Kier molecular flexibility index (Phi) is 5.13. The lowest BCUT2D eigenvalue weighted by atomic mass is 10.1. The minimum atomic E-state index is 0.0782. The van der Waals surface area contributed by atoms with Crippen LogP contribution in [0.5, 0.6) is 11.5 Å². The van der Waals surface area contributed by atoms with E-state index in [-0.39, 0.29) is 11.8 Å². The Labute approximate surface area is 156 Å². The highest BCUT2D eigenvalue weighted by molar-refractivity contribution is 7.80. The first kappa shape index (κ1) is 17.8. The first-order valence-electron chi connectivity index (χ1n) is 8.05. The SMILES string of the molecule is COc1cc(-c2ccc3ncc(NC(=S)NC(C)C)nc3n2)ccc1O. The summed E-state index contributed by atoms with van der Waals surface area (Å²) in [4.78, 5) is 13.4. The average Bonchev–Trinajstić information content (AvgIpc) is 2.60. The number of nitrogens with one attached hydrogen (secondary N) is 2. The van der Waals surface area contributed by atoms with Crippen LogP contribution >= 0.6 is 12.2 Å². The van der Waals surface area contributed by atoms with E-state index in [0.717, 1.165) is 5.56 Å². The minimum absolute atomic E-state index is 0.0782. The summed E-state index contributed by atoms with van der Waals surface area (Å²) in [7, 11) is 1.50. The third-order valence-electron chi connectivity index (χ3n) is 3.54. The van der Waals surface area contributed by atoms with E-state index < -0.39 is 0 Å². The number of nitrogens with zero attached hydrogens (tertiary/aromatic N) is 3. The van der Waals surface area contributed by atoms with Crippen molar-refractivity contribution in [3.05, 3.63) is 36.5 Å². The number of aromatic hydroxyl groups is 1. The number of methoxy groups -OCH3 is 1. The van der Waals surface area contributed by atoms with E-state index in [2.05, 4.69) is 25.6 Å². The summed E-state index contributed by atoms with van der Waals surface area (Å²) >= 11 is 5.23. The van der Waals surface area contributed by atoms with Crippen LogP contribution in [0.15, 0.2) is 36.5 Å². The predicted octanol–water partition coefficient (Wildman–Crippen LogP) is 3.10. The lowest BCUT2D eigenvalue weighted by molar-refractivity contribution is 0.373. The standard InChI is InChI=1S/C18H19N5O2S/c1-10(2)20-18(26)23-16-9-19-13-6-5-12(21-17(13)22-16)11-4-7-14(24)15(8-11)25-3/h4-10,24H,1-3H3,(H2,20,21,22,23,26). The molecule has 3 N–H and O–H groups in total. The van der Waals surface area contributed by atoms with Gasteiger partial charge in [-0.3, -0.25) is 0 Å². The number of fused-ring (bicyclic) bond motifs is 1. The molecular formula is C18H19N5O2S. The highest BCUT2D eigenvalue weighted by Crippen LogP contribution is 2.31. The molecular weight excluding hydrogens is 350 g/mol. The molecule has 0 aliphatic rings. The molecule has 0 saturated carbocycles. The molecule has 0 aliphatic heterocycles. The van der Waals surface area contributed by atoms with Crippen LogP contribution in [-0.2, 0) is 0 Å². The normalized spacial score (nSPS) is 10.8. The van der Waals surface area contributed by atoms with Gasteiger partial charge in [0.25, 0.3) is 0 Å². The molecule has 3 rings (SSSR count). The van der Waals surface area contributed by atoms with Crippen LogP contribution in [0.2, 0.25) is 0 Å². The van der Waals surface area contributed by atoms with Gasteiger partial charge in [-0.05, 0) is 56.4 Å². The van der Waals surface area contributed by atoms with Gasteiger partial charge in [0.15, 0.2) is 28.1 Å². The summed E-state index contributed by atoms with van der Waals surface area (Å²) in [5.74, 6) is 0.981. The Morgan fingerprint density at radius 3 is 2.73 bits per heavy atom. The summed E-state index contributed by atoms with van der Waals surface area (Å²) in [5.41, 5.74) is 2.67. The van der Waals surface area contributed by atoms with E-state index >= 15 is 0 Å². The number of rotatable bonds is 4. The van der Waals surface area contributed by atoms with E-state index in [1.807, 2.05) is 26.0 Å². The highest BCUT2D eigenvalue weighted by Gasteiger charge is 2.09. The number of phenols is 1. The number of thiocarbonyl (C=S) groups is 1. The largest absolute Gasteiger partial charge is 0.504 e. The molecule has 2 aromatic heterocycles. The van der Waals surface area contributed by atoms with Crippen LogP contribution in [0.25, 0.3) is 22.4 Å². The van der Waals surface area contributed by atoms with Crippen molar-refractivity contribution < 1.29 is 9.84 Å². The number of anilines is 1. The van der Waals surface area contributed by atoms with Crippen molar-refractivity contribution in [1.29, 1.82) is 0 Å². The molecule has 0 amide bonds. The Bertz CT molecular complexity index is 961. The zero-order valence-electron chi connectivity index (χ0n) is 14.6. The molecule has 3 aromatic rings. The zero-order valence-corrected chi connectivity index (χ0v) is 15.5. The van der Waals surface area contributed by atoms with E-state index in [1.165, 1.54) is 7.11 Å². The number of ether oxygens (including phenoxy) is 1. The van der Waals surface area contributed by atoms with E-state index in [4.69, 9.17) is 17.0 Å². The van der Waals surface area contributed by atoms with Crippen LogP contribution in [-0.4, -0.2) is 38.3 Å². The highest BCUT2D eigenvalue weighted by atomic mass is 32.1. The van der Waals surface area contributed by atoms with Gasteiger partial charge in [0.1, 0.15) is 5.52 Å².